The van der Waals surface area contributed by atoms with Crippen LogP contribution in [0.1, 0.15) is 6.92 Å². The first kappa shape index (κ1) is 14.4. The molecule has 0 aromatic rings. The van der Waals surface area contributed by atoms with Crippen molar-refractivity contribution in [3.05, 3.63) is 0 Å². The number of rotatable bonds is 4. The predicted octanol–water partition coefficient (Wildman–Crippen LogP) is -1.41. The summed E-state index contributed by atoms with van der Waals surface area (Å²) in [4.78, 5) is 36.1. The van der Waals surface area contributed by atoms with Crippen LogP contribution >= 0.6 is 0 Å². The number of urea groups is 1. The Hall–Kier alpha value is -1.63. The van der Waals surface area contributed by atoms with Gasteiger partial charge in [0.1, 0.15) is 0 Å². The second kappa shape index (κ2) is 6.06. The highest BCUT2D eigenvalue weighted by Gasteiger charge is 2.21. The highest BCUT2D eigenvalue weighted by molar-refractivity contribution is 5.96. The van der Waals surface area contributed by atoms with Gasteiger partial charge in [0.2, 0.25) is 11.8 Å². The first-order valence-corrected chi connectivity index (χ1v) is 4.76. The fourth-order valence-corrected chi connectivity index (χ4v) is 0.918. The highest BCUT2D eigenvalue weighted by Crippen LogP contribution is 1.96. The third-order valence-corrected chi connectivity index (χ3v) is 2.17. The van der Waals surface area contributed by atoms with Crippen LogP contribution in [-0.4, -0.2) is 61.4 Å². The Labute approximate surface area is 94.6 Å². The molecule has 0 rings (SSSR count). The highest BCUT2D eigenvalue weighted by atomic mass is 16.2. The fourth-order valence-electron chi connectivity index (χ4n) is 0.918. The lowest BCUT2D eigenvalue weighted by atomic mass is 10.2. The number of hydrogen-bond donors (Lipinski definition) is 2. The van der Waals surface area contributed by atoms with Crippen molar-refractivity contribution >= 4 is 17.8 Å². The molecule has 0 saturated carbocycles. The lowest BCUT2D eigenvalue weighted by Crippen LogP contribution is -2.49. The van der Waals surface area contributed by atoms with Gasteiger partial charge in [-0.1, -0.05) is 0 Å². The third-order valence-electron chi connectivity index (χ3n) is 2.17. The molecule has 0 aliphatic rings. The largest absolute Gasteiger partial charge is 0.351 e. The van der Waals surface area contributed by atoms with Gasteiger partial charge >= 0.3 is 6.03 Å². The standard InChI is InChI=1S/C9H18N4O3/c1-6(8(15)11-9(10)16)13(4)5-7(14)12(2)3/h6H,5H2,1-4H3,(H3,10,11,15,16). The fraction of sp³-hybridized carbons (Fsp3) is 0.667. The second-order valence-electron chi connectivity index (χ2n) is 3.73. The number of carbonyl (C=O) groups excluding carboxylic acids is 3. The molecule has 0 aromatic heterocycles. The Morgan fingerprint density at radius 3 is 2.12 bits per heavy atom. The van der Waals surface area contributed by atoms with Crippen LogP contribution in [0.3, 0.4) is 0 Å². The second-order valence-corrected chi connectivity index (χ2v) is 3.73. The summed E-state index contributed by atoms with van der Waals surface area (Å²) < 4.78 is 0. The Kier molecular flexibility index (Phi) is 5.44. The summed E-state index contributed by atoms with van der Waals surface area (Å²) in [6.07, 6.45) is 0. The van der Waals surface area contributed by atoms with E-state index in [2.05, 4.69) is 0 Å². The minimum absolute atomic E-state index is 0.0976. The van der Waals surface area contributed by atoms with Gasteiger partial charge in [-0.3, -0.25) is 19.8 Å². The SMILES string of the molecule is CC(C(=O)NC(N)=O)N(C)CC(=O)N(C)C. The minimum atomic E-state index is -0.899. The average molecular weight is 230 g/mol. The maximum Gasteiger partial charge on any atom is 0.318 e. The number of nitrogens with zero attached hydrogens (tertiary/aromatic N) is 2. The first-order valence-electron chi connectivity index (χ1n) is 4.76. The normalized spacial score (nSPS) is 12.1. The number of likely N-dealkylation sites (N-methyl/N-ethyl adjacent to an activating group) is 2. The lowest BCUT2D eigenvalue weighted by Gasteiger charge is -2.23. The summed E-state index contributed by atoms with van der Waals surface area (Å²) >= 11 is 0. The van der Waals surface area contributed by atoms with Crippen LogP contribution < -0.4 is 11.1 Å². The number of nitrogens with two attached hydrogens (primary N) is 1. The van der Waals surface area contributed by atoms with Crippen molar-refractivity contribution in [3.63, 3.8) is 0 Å². The summed E-state index contributed by atoms with van der Waals surface area (Å²) in [5, 5.41) is 1.96. The molecule has 0 radical (unpaired) electrons. The number of hydrogen-bond acceptors (Lipinski definition) is 4. The molecule has 7 nitrogen and oxygen atoms in total. The molecule has 0 aromatic carbocycles. The number of amides is 4. The van der Waals surface area contributed by atoms with Gasteiger partial charge in [-0.15, -0.1) is 0 Å². The van der Waals surface area contributed by atoms with Crippen molar-refractivity contribution in [2.24, 2.45) is 5.73 Å². The van der Waals surface area contributed by atoms with E-state index in [0.29, 0.717) is 0 Å². The summed E-state index contributed by atoms with van der Waals surface area (Å²) in [5.41, 5.74) is 4.82. The lowest BCUT2D eigenvalue weighted by molar-refractivity contribution is -0.131. The zero-order valence-corrected chi connectivity index (χ0v) is 9.98. The Bertz CT molecular complexity index is 290. The molecular weight excluding hydrogens is 212 g/mol. The van der Waals surface area contributed by atoms with E-state index in [1.807, 2.05) is 5.32 Å². The molecule has 92 valence electrons. The first-order chi connectivity index (χ1) is 7.25. The zero-order valence-electron chi connectivity index (χ0n) is 9.98. The van der Waals surface area contributed by atoms with Gasteiger partial charge in [0.15, 0.2) is 0 Å². The Balaban J connectivity index is 4.27. The monoisotopic (exact) mass is 230 g/mol. The van der Waals surface area contributed by atoms with Crippen molar-refractivity contribution in [1.82, 2.24) is 15.1 Å². The van der Waals surface area contributed by atoms with Crippen molar-refractivity contribution in [2.75, 3.05) is 27.7 Å². The summed E-state index contributed by atoms with van der Waals surface area (Å²) in [7, 11) is 4.88. The smallest absolute Gasteiger partial charge is 0.318 e. The molecule has 16 heavy (non-hydrogen) atoms. The van der Waals surface area contributed by atoms with Gasteiger partial charge < -0.3 is 10.6 Å². The van der Waals surface area contributed by atoms with Crippen molar-refractivity contribution in [1.29, 1.82) is 0 Å². The van der Waals surface area contributed by atoms with E-state index in [0.717, 1.165) is 0 Å². The summed E-state index contributed by atoms with van der Waals surface area (Å²) in [6, 6.07) is -1.50. The molecule has 0 aliphatic carbocycles. The van der Waals surface area contributed by atoms with Crippen LogP contribution in [0.5, 0.6) is 0 Å². The molecule has 1 unspecified atom stereocenters. The molecule has 7 heteroatoms. The molecule has 0 heterocycles. The van der Waals surface area contributed by atoms with Gasteiger partial charge in [0, 0.05) is 14.1 Å². The molecule has 0 aliphatic heterocycles. The number of primary amides is 1. The molecule has 1 atom stereocenters. The number of nitrogens with one attached hydrogen (secondary N) is 1. The number of carbonyl (C=O) groups is 3. The third kappa shape index (κ3) is 4.74. The molecule has 4 amide bonds. The van der Waals surface area contributed by atoms with Gasteiger partial charge in [0.05, 0.1) is 12.6 Å². The zero-order chi connectivity index (χ0) is 12.9. The average Bonchev–Trinajstić information content (AvgIpc) is 2.14. The van der Waals surface area contributed by atoms with Gasteiger partial charge in [-0.25, -0.2) is 4.79 Å². The Morgan fingerprint density at radius 1 is 1.25 bits per heavy atom. The molecule has 3 N–H and O–H groups in total. The summed E-state index contributed by atoms with van der Waals surface area (Å²) in [5.74, 6) is -0.650. The summed E-state index contributed by atoms with van der Waals surface area (Å²) in [6.45, 7) is 1.68. The molecule has 0 saturated heterocycles. The maximum absolute atomic E-state index is 11.4. The van der Waals surface area contributed by atoms with Gasteiger partial charge in [-0.05, 0) is 14.0 Å². The topological polar surface area (TPSA) is 95.7 Å². The minimum Gasteiger partial charge on any atom is -0.351 e. The van der Waals surface area contributed by atoms with E-state index in [-0.39, 0.29) is 12.5 Å². The van der Waals surface area contributed by atoms with Crippen molar-refractivity contribution < 1.29 is 14.4 Å². The van der Waals surface area contributed by atoms with E-state index in [9.17, 15) is 14.4 Å². The maximum atomic E-state index is 11.4. The van der Waals surface area contributed by atoms with Gasteiger partial charge in [-0.2, -0.15) is 0 Å². The van der Waals surface area contributed by atoms with Gasteiger partial charge in [0.25, 0.3) is 0 Å². The van der Waals surface area contributed by atoms with Crippen LogP contribution in [0.2, 0.25) is 0 Å². The predicted molar refractivity (Wildman–Crippen MR) is 58.5 cm³/mol. The molecule has 0 fully saturated rings. The van der Waals surface area contributed by atoms with Crippen LogP contribution in [0.15, 0.2) is 0 Å². The van der Waals surface area contributed by atoms with Crippen LogP contribution in [0, 0.1) is 0 Å². The van der Waals surface area contributed by atoms with E-state index in [1.165, 1.54) is 9.80 Å². The molecule has 0 bridgehead atoms. The Morgan fingerprint density at radius 2 is 1.75 bits per heavy atom. The van der Waals surface area contributed by atoms with E-state index < -0.39 is 18.0 Å². The van der Waals surface area contributed by atoms with E-state index >= 15 is 0 Å². The number of imide groups is 1. The molecular formula is C9H18N4O3. The van der Waals surface area contributed by atoms with Crippen LogP contribution in [0.4, 0.5) is 4.79 Å². The van der Waals surface area contributed by atoms with E-state index in [4.69, 9.17) is 5.73 Å². The van der Waals surface area contributed by atoms with Crippen molar-refractivity contribution in [2.45, 2.75) is 13.0 Å². The van der Waals surface area contributed by atoms with Crippen LogP contribution in [0.25, 0.3) is 0 Å². The quantitative estimate of drug-likeness (QED) is 0.620. The van der Waals surface area contributed by atoms with Crippen LogP contribution in [-0.2, 0) is 9.59 Å². The van der Waals surface area contributed by atoms with Crippen molar-refractivity contribution in [3.8, 4) is 0 Å². The molecule has 0 spiro atoms. The van der Waals surface area contributed by atoms with E-state index in [1.54, 1.807) is 28.1 Å².